The summed E-state index contributed by atoms with van der Waals surface area (Å²) in [7, 11) is 1.59. The van der Waals surface area contributed by atoms with Crippen LogP contribution in [0, 0.1) is 6.92 Å². The molecule has 0 saturated heterocycles. The fourth-order valence-electron chi connectivity index (χ4n) is 2.76. The van der Waals surface area contributed by atoms with Gasteiger partial charge in [0.1, 0.15) is 5.76 Å². The van der Waals surface area contributed by atoms with Crippen LogP contribution in [0.2, 0.25) is 0 Å². The lowest BCUT2D eigenvalue weighted by Gasteiger charge is -2.07. The van der Waals surface area contributed by atoms with Crippen molar-refractivity contribution in [3.8, 4) is 0 Å². The van der Waals surface area contributed by atoms with E-state index in [1.807, 2.05) is 0 Å². The minimum atomic E-state index is -4.61. The number of aryl methyl sites for hydroxylation is 2. The van der Waals surface area contributed by atoms with Crippen molar-refractivity contribution < 1.29 is 27.2 Å². The summed E-state index contributed by atoms with van der Waals surface area (Å²) in [6, 6.07) is 3.38. The number of aromatic nitrogens is 4. The third kappa shape index (κ3) is 5.34. The second kappa shape index (κ2) is 8.96. The Bertz CT molecular complexity index is 1090. The average molecular weight is 503 g/mol. The minimum Gasteiger partial charge on any atom is -0.467 e. The van der Waals surface area contributed by atoms with Crippen molar-refractivity contribution >= 4 is 33.4 Å². The molecule has 0 fully saturated rings. The summed E-state index contributed by atoms with van der Waals surface area (Å²) in [5, 5.41) is 12.8. The van der Waals surface area contributed by atoms with Crippen LogP contribution in [0.4, 0.5) is 18.9 Å². The number of anilines is 1. The number of carbonyl (C=O) groups excluding carboxylic acids is 2. The van der Waals surface area contributed by atoms with Crippen molar-refractivity contribution in [2.24, 2.45) is 7.05 Å². The van der Waals surface area contributed by atoms with E-state index in [-0.39, 0.29) is 41.1 Å². The molecule has 0 atom stereocenters. The van der Waals surface area contributed by atoms with Crippen molar-refractivity contribution in [3.63, 3.8) is 0 Å². The molecule has 0 spiro atoms. The Balaban J connectivity index is 1.63. The maximum atomic E-state index is 13.0. The Labute approximate surface area is 182 Å². The van der Waals surface area contributed by atoms with Crippen LogP contribution in [-0.4, -0.2) is 31.4 Å². The molecule has 2 N–H and O–H groups in total. The van der Waals surface area contributed by atoms with Crippen molar-refractivity contribution in [2.75, 3.05) is 5.32 Å². The van der Waals surface area contributed by atoms with E-state index in [1.165, 1.54) is 24.1 Å². The fraction of sp³-hybridized carbons (Fsp3) is 0.333. The number of alkyl halides is 3. The predicted molar refractivity (Wildman–Crippen MR) is 106 cm³/mol. The van der Waals surface area contributed by atoms with Crippen molar-refractivity contribution in [3.05, 3.63) is 51.9 Å². The molecule has 3 aromatic rings. The van der Waals surface area contributed by atoms with Gasteiger partial charge in [0.2, 0.25) is 5.91 Å². The molecule has 31 heavy (non-hydrogen) atoms. The maximum Gasteiger partial charge on any atom is 0.436 e. The van der Waals surface area contributed by atoms with Crippen LogP contribution in [0.3, 0.4) is 0 Å². The highest BCUT2D eigenvalue weighted by Gasteiger charge is 2.37. The van der Waals surface area contributed by atoms with E-state index in [2.05, 4.69) is 36.8 Å². The SMILES string of the molecule is Cc1c(Br)c(C(F)(F)F)nn1CCC(=O)Nc1cn(C)nc1C(=O)NCc1ccco1. The lowest BCUT2D eigenvalue weighted by Crippen LogP contribution is -2.25. The first-order valence-electron chi connectivity index (χ1n) is 9.00. The normalized spacial score (nSPS) is 11.5. The van der Waals surface area contributed by atoms with Gasteiger partial charge in [-0.15, -0.1) is 0 Å². The van der Waals surface area contributed by atoms with E-state index < -0.39 is 23.7 Å². The molecule has 13 heteroatoms. The fourth-order valence-corrected chi connectivity index (χ4v) is 3.26. The maximum absolute atomic E-state index is 13.0. The summed E-state index contributed by atoms with van der Waals surface area (Å²) in [6.07, 6.45) is -1.83. The van der Waals surface area contributed by atoms with E-state index in [4.69, 9.17) is 4.42 Å². The Morgan fingerprint density at radius 3 is 2.65 bits per heavy atom. The highest BCUT2D eigenvalue weighted by molar-refractivity contribution is 9.10. The number of hydrogen-bond donors (Lipinski definition) is 2. The first-order chi connectivity index (χ1) is 14.6. The molecule has 0 aliphatic carbocycles. The van der Waals surface area contributed by atoms with Crippen molar-refractivity contribution in [2.45, 2.75) is 32.6 Å². The largest absolute Gasteiger partial charge is 0.467 e. The molecule has 9 nitrogen and oxygen atoms in total. The van der Waals surface area contributed by atoms with Gasteiger partial charge in [-0.2, -0.15) is 23.4 Å². The first kappa shape index (κ1) is 22.6. The third-order valence-corrected chi connectivity index (χ3v) is 5.22. The van der Waals surface area contributed by atoms with Crippen LogP contribution in [0.5, 0.6) is 0 Å². The topological polar surface area (TPSA) is 107 Å². The summed E-state index contributed by atoms with van der Waals surface area (Å²) in [5.41, 5.74) is -0.619. The number of nitrogens with one attached hydrogen (secondary N) is 2. The number of amides is 2. The number of hydrogen-bond acceptors (Lipinski definition) is 5. The standard InChI is InChI=1S/C18H18BrF3N6O3/c1-10-14(19)16(18(20,21)22)26-28(10)6-5-13(29)24-12-9-27(2)25-15(12)17(30)23-8-11-4-3-7-31-11/h3-4,7,9H,5-6,8H2,1-2H3,(H,23,30)(H,24,29). The van der Waals surface area contributed by atoms with Crippen molar-refractivity contribution in [1.29, 1.82) is 0 Å². The Hall–Kier alpha value is -3.09. The lowest BCUT2D eigenvalue weighted by atomic mass is 10.3. The molecule has 3 heterocycles. The second-order valence-corrected chi connectivity index (χ2v) is 7.39. The molecule has 0 saturated carbocycles. The lowest BCUT2D eigenvalue weighted by molar-refractivity contribution is -0.142. The molecule has 166 valence electrons. The van der Waals surface area contributed by atoms with Gasteiger partial charge in [0.25, 0.3) is 5.91 Å². The highest BCUT2D eigenvalue weighted by Crippen LogP contribution is 2.35. The first-order valence-corrected chi connectivity index (χ1v) is 9.79. The molecule has 0 bridgehead atoms. The smallest absolute Gasteiger partial charge is 0.436 e. The molecule has 0 aliphatic rings. The quantitative estimate of drug-likeness (QED) is 0.515. The molecular weight excluding hydrogens is 485 g/mol. The van der Waals surface area contributed by atoms with Crippen LogP contribution < -0.4 is 10.6 Å². The van der Waals surface area contributed by atoms with Crippen LogP contribution in [0.15, 0.2) is 33.5 Å². The van der Waals surface area contributed by atoms with Crippen LogP contribution in [0.25, 0.3) is 0 Å². The van der Waals surface area contributed by atoms with E-state index in [9.17, 15) is 22.8 Å². The Morgan fingerprint density at radius 1 is 1.29 bits per heavy atom. The zero-order chi connectivity index (χ0) is 22.8. The minimum absolute atomic E-state index is 0.000206. The molecule has 0 unspecified atom stereocenters. The van der Waals surface area contributed by atoms with E-state index in [0.717, 1.165) is 4.68 Å². The van der Waals surface area contributed by atoms with E-state index >= 15 is 0 Å². The number of nitrogens with zero attached hydrogens (tertiary/aromatic N) is 4. The van der Waals surface area contributed by atoms with Crippen molar-refractivity contribution in [1.82, 2.24) is 24.9 Å². The third-order valence-electron chi connectivity index (χ3n) is 4.27. The van der Waals surface area contributed by atoms with Gasteiger partial charge in [0.05, 0.1) is 35.2 Å². The van der Waals surface area contributed by atoms with Crippen LogP contribution >= 0.6 is 15.9 Å². The van der Waals surface area contributed by atoms with Gasteiger partial charge in [-0.1, -0.05) is 0 Å². The van der Waals surface area contributed by atoms with Gasteiger partial charge < -0.3 is 15.1 Å². The van der Waals surface area contributed by atoms with Crippen LogP contribution in [0.1, 0.15) is 34.1 Å². The Kier molecular flexibility index (Phi) is 6.53. The van der Waals surface area contributed by atoms with Gasteiger partial charge in [-0.3, -0.25) is 19.0 Å². The molecular formula is C18H18BrF3N6O3. The van der Waals surface area contributed by atoms with Gasteiger partial charge in [-0.05, 0) is 35.0 Å². The molecule has 3 rings (SSSR count). The summed E-state index contributed by atoms with van der Waals surface area (Å²) >= 11 is 2.89. The molecule has 3 aromatic heterocycles. The second-order valence-electron chi connectivity index (χ2n) is 6.59. The number of halogens is 4. The number of carbonyl (C=O) groups is 2. The van der Waals surface area contributed by atoms with E-state index in [1.54, 1.807) is 19.2 Å². The molecule has 2 amide bonds. The Morgan fingerprint density at radius 2 is 2.03 bits per heavy atom. The summed E-state index contributed by atoms with van der Waals surface area (Å²) in [5.74, 6) is -0.476. The summed E-state index contributed by atoms with van der Waals surface area (Å²) < 4.78 is 46.3. The zero-order valence-electron chi connectivity index (χ0n) is 16.5. The van der Waals surface area contributed by atoms with Crippen LogP contribution in [-0.2, 0) is 31.1 Å². The monoisotopic (exact) mass is 502 g/mol. The number of rotatable bonds is 7. The molecule has 0 radical (unpaired) electrons. The summed E-state index contributed by atoms with van der Waals surface area (Å²) in [6.45, 7) is 1.53. The molecule has 0 aromatic carbocycles. The predicted octanol–water partition coefficient (Wildman–Crippen LogP) is 3.26. The zero-order valence-corrected chi connectivity index (χ0v) is 18.0. The van der Waals surface area contributed by atoms with Gasteiger partial charge >= 0.3 is 6.18 Å². The number of furan rings is 1. The van der Waals surface area contributed by atoms with Gasteiger partial charge in [0.15, 0.2) is 11.4 Å². The van der Waals surface area contributed by atoms with Gasteiger partial charge in [-0.25, -0.2) is 0 Å². The van der Waals surface area contributed by atoms with E-state index in [0.29, 0.717) is 5.76 Å². The summed E-state index contributed by atoms with van der Waals surface area (Å²) in [4.78, 5) is 24.8. The van der Waals surface area contributed by atoms with Gasteiger partial charge in [0, 0.05) is 19.7 Å². The highest BCUT2D eigenvalue weighted by atomic mass is 79.9. The molecule has 0 aliphatic heterocycles. The average Bonchev–Trinajstić information content (AvgIpc) is 3.39.